The molecule has 0 bridgehead atoms. The number of nitrogens with zero attached hydrogens (tertiary/aromatic N) is 3. The summed E-state index contributed by atoms with van der Waals surface area (Å²) >= 11 is 5.99. The Morgan fingerprint density at radius 1 is 1.03 bits per heavy atom. The van der Waals surface area contributed by atoms with Gasteiger partial charge in [-0.05, 0) is 43.2 Å². The van der Waals surface area contributed by atoms with Gasteiger partial charge < -0.3 is 19.1 Å². The second-order valence-electron chi connectivity index (χ2n) is 7.67. The summed E-state index contributed by atoms with van der Waals surface area (Å²) in [6, 6.07) is 11.0. The number of carbonyl (C=O) groups is 1. The summed E-state index contributed by atoms with van der Waals surface area (Å²) in [5.41, 5.74) is 4.19. The fourth-order valence-corrected chi connectivity index (χ4v) is 4.16. The maximum atomic E-state index is 13.2. The zero-order valence-corrected chi connectivity index (χ0v) is 19.8. The number of benzene rings is 2. The third kappa shape index (κ3) is 4.41. The molecule has 172 valence electrons. The lowest BCUT2D eigenvalue weighted by molar-refractivity contribution is 0.0772. The predicted molar refractivity (Wildman–Crippen MR) is 128 cm³/mol. The molecule has 0 spiro atoms. The Bertz CT molecular complexity index is 1180. The third-order valence-electron chi connectivity index (χ3n) is 5.84. The first-order chi connectivity index (χ1) is 16.0. The molecule has 3 aromatic rings. The highest BCUT2D eigenvalue weighted by Crippen LogP contribution is 2.41. The number of carbonyl (C=O) groups excluding carboxylic acids is 1. The van der Waals surface area contributed by atoms with Gasteiger partial charge in [0, 0.05) is 30.2 Å². The van der Waals surface area contributed by atoms with Gasteiger partial charge in [0.15, 0.2) is 0 Å². The van der Waals surface area contributed by atoms with Gasteiger partial charge in [-0.3, -0.25) is 4.79 Å². The Hall–Kier alpha value is -3.45. The number of hydrogen-bond acceptors (Lipinski definition) is 5. The van der Waals surface area contributed by atoms with E-state index in [1.807, 2.05) is 42.2 Å². The molecule has 0 atom stereocenters. The molecule has 1 amide bonds. The van der Waals surface area contributed by atoms with Crippen LogP contribution in [0.15, 0.2) is 48.7 Å². The Labute approximate surface area is 198 Å². The van der Waals surface area contributed by atoms with Crippen LogP contribution < -0.4 is 14.2 Å². The first kappa shape index (κ1) is 22.7. The van der Waals surface area contributed by atoms with E-state index < -0.39 is 0 Å². The molecule has 2 aromatic carbocycles. The van der Waals surface area contributed by atoms with Crippen molar-refractivity contribution in [2.75, 3.05) is 34.4 Å². The third-order valence-corrected chi connectivity index (χ3v) is 6.10. The van der Waals surface area contributed by atoms with Gasteiger partial charge in [0.2, 0.25) is 0 Å². The monoisotopic (exact) mass is 467 g/mol. The first-order valence-corrected chi connectivity index (χ1v) is 10.9. The van der Waals surface area contributed by atoms with Crippen LogP contribution in [0.3, 0.4) is 0 Å². The van der Waals surface area contributed by atoms with Crippen molar-refractivity contribution in [1.82, 2.24) is 14.7 Å². The minimum absolute atomic E-state index is 0.0447. The minimum atomic E-state index is -0.0447. The van der Waals surface area contributed by atoms with Crippen LogP contribution in [0.4, 0.5) is 0 Å². The predicted octanol–water partition coefficient (Wildman–Crippen LogP) is 4.79. The molecule has 0 N–H and O–H groups in total. The van der Waals surface area contributed by atoms with Crippen LogP contribution in [0.25, 0.3) is 11.3 Å². The van der Waals surface area contributed by atoms with Crippen LogP contribution in [0.5, 0.6) is 17.2 Å². The Kier molecular flexibility index (Phi) is 6.60. The molecule has 7 nitrogen and oxygen atoms in total. The number of rotatable bonds is 6. The van der Waals surface area contributed by atoms with Gasteiger partial charge in [0.05, 0.1) is 50.0 Å². The van der Waals surface area contributed by atoms with Gasteiger partial charge in [-0.25, -0.2) is 4.68 Å². The lowest BCUT2D eigenvalue weighted by atomic mass is 9.97. The van der Waals surface area contributed by atoms with Crippen molar-refractivity contribution in [3.63, 3.8) is 0 Å². The van der Waals surface area contributed by atoms with Crippen molar-refractivity contribution < 1.29 is 19.0 Å². The van der Waals surface area contributed by atoms with Gasteiger partial charge in [0.1, 0.15) is 17.2 Å². The molecule has 0 aliphatic carbocycles. The SMILES string of the molecule is COc1cc(OC)c(C2=CCN(C(=O)c3cnn(-c4ccc(Cl)cc4)c3C)CC2)c(OC)c1. The molecular formula is C25H26ClN3O4. The average molecular weight is 468 g/mol. The van der Waals surface area contributed by atoms with E-state index in [4.69, 9.17) is 25.8 Å². The molecule has 0 saturated heterocycles. The van der Waals surface area contributed by atoms with Crippen LogP contribution in [-0.2, 0) is 0 Å². The number of methoxy groups -OCH3 is 3. The van der Waals surface area contributed by atoms with E-state index in [0.717, 1.165) is 22.5 Å². The number of halogens is 1. The summed E-state index contributed by atoms with van der Waals surface area (Å²) < 4.78 is 18.3. The van der Waals surface area contributed by atoms with Gasteiger partial charge >= 0.3 is 0 Å². The van der Waals surface area contributed by atoms with Crippen LogP contribution in [-0.4, -0.2) is 55.0 Å². The first-order valence-electron chi connectivity index (χ1n) is 10.6. The lowest BCUT2D eigenvalue weighted by Gasteiger charge is -2.28. The van der Waals surface area contributed by atoms with E-state index in [0.29, 0.717) is 47.3 Å². The molecule has 8 heteroatoms. The van der Waals surface area contributed by atoms with Crippen molar-refractivity contribution >= 4 is 23.1 Å². The highest BCUT2D eigenvalue weighted by atomic mass is 35.5. The maximum absolute atomic E-state index is 13.2. The Morgan fingerprint density at radius 2 is 1.70 bits per heavy atom. The van der Waals surface area contributed by atoms with Gasteiger partial charge in [0.25, 0.3) is 5.91 Å². The highest BCUT2D eigenvalue weighted by Gasteiger charge is 2.25. The topological polar surface area (TPSA) is 65.8 Å². The minimum Gasteiger partial charge on any atom is -0.496 e. The van der Waals surface area contributed by atoms with E-state index in [2.05, 4.69) is 5.10 Å². The molecule has 0 radical (unpaired) electrons. The summed E-state index contributed by atoms with van der Waals surface area (Å²) in [5, 5.41) is 5.08. The molecular weight excluding hydrogens is 442 g/mol. The molecule has 1 aliphatic rings. The number of ether oxygens (including phenoxy) is 3. The number of amides is 1. The van der Waals surface area contributed by atoms with Crippen molar-refractivity contribution in [2.45, 2.75) is 13.3 Å². The zero-order chi connectivity index (χ0) is 23.5. The fourth-order valence-electron chi connectivity index (χ4n) is 4.04. The van der Waals surface area contributed by atoms with Crippen LogP contribution in [0, 0.1) is 6.92 Å². The summed E-state index contributed by atoms with van der Waals surface area (Å²) in [6.45, 7) is 2.96. The molecule has 0 fully saturated rings. The molecule has 2 heterocycles. The second kappa shape index (κ2) is 9.58. The largest absolute Gasteiger partial charge is 0.496 e. The van der Waals surface area contributed by atoms with Crippen LogP contribution >= 0.6 is 11.6 Å². The highest BCUT2D eigenvalue weighted by molar-refractivity contribution is 6.30. The maximum Gasteiger partial charge on any atom is 0.257 e. The standard InChI is InChI=1S/C25H26ClN3O4/c1-16-21(15-27-29(16)19-7-5-18(26)6-8-19)25(30)28-11-9-17(10-12-28)24-22(32-3)13-20(31-2)14-23(24)33-4/h5-9,13-15H,10-12H2,1-4H3. The lowest BCUT2D eigenvalue weighted by Crippen LogP contribution is -2.35. The van der Waals surface area contributed by atoms with Gasteiger partial charge in [-0.15, -0.1) is 0 Å². The number of hydrogen-bond donors (Lipinski definition) is 0. The molecule has 4 rings (SSSR count). The molecule has 0 saturated carbocycles. The molecule has 0 unspecified atom stereocenters. The van der Waals surface area contributed by atoms with E-state index >= 15 is 0 Å². The van der Waals surface area contributed by atoms with Crippen LogP contribution in [0.2, 0.25) is 5.02 Å². The van der Waals surface area contributed by atoms with Crippen molar-refractivity contribution in [3.8, 4) is 22.9 Å². The summed E-state index contributed by atoms with van der Waals surface area (Å²) in [5.74, 6) is 1.97. The average Bonchev–Trinajstić information content (AvgIpc) is 3.24. The van der Waals surface area contributed by atoms with E-state index in [-0.39, 0.29) is 5.91 Å². The van der Waals surface area contributed by atoms with Crippen molar-refractivity contribution in [3.05, 3.63) is 70.5 Å². The molecule has 1 aliphatic heterocycles. The smallest absolute Gasteiger partial charge is 0.257 e. The Balaban J connectivity index is 1.57. The van der Waals surface area contributed by atoms with Crippen LogP contribution in [0.1, 0.15) is 28.0 Å². The Morgan fingerprint density at radius 3 is 2.24 bits per heavy atom. The summed E-state index contributed by atoms with van der Waals surface area (Å²) in [7, 11) is 4.85. The van der Waals surface area contributed by atoms with Gasteiger partial charge in [-0.1, -0.05) is 17.7 Å². The second-order valence-corrected chi connectivity index (χ2v) is 8.11. The van der Waals surface area contributed by atoms with Crippen molar-refractivity contribution in [1.29, 1.82) is 0 Å². The van der Waals surface area contributed by atoms with E-state index in [9.17, 15) is 4.79 Å². The number of aromatic nitrogens is 2. The quantitative estimate of drug-likeness (QED) is 0.521. The van der Waals surface area contributed by atoms with E-state index in [1.54, 1.807) is 44.3 Å². The van der Waals surface area contributed by atoms with Gasteiger partial charge in [-0.2, -0.15) is 5.10 Å². The normalized spacial score (nSPS) is 13.5. The molecule has 1 aromatic heterocycles. The zero-order valence-electron chi connectivity index (χ0n) is 19.1. The van der Waals surface area contributed by atoms with E-state index in [1.165, 1.54) is 0 Å². The van der Waals surface area contributed by atoms with Crippen molar-refractivity contribution in [2.24, 2.45) is 0 Å². The summed E-state index contributed by atoms with van der Waals surface area (Å²) in [6.07, 6.45) is 4.35. The fraction of sp³-hybridized carbons (Fsp3) is 0.280. The molecule has 33 heavy (non-hydrogen) atoms. The summed E-state index contributed by atoms with van der Waals surface area (Å²) in [4.78, 5) is 15.1.